The van der Waals surface area contributed by atoms with Crippen LogP contribution in [-0.2, 0) is 19.1 Å². The lowest BCUT2D eigenvalue weighted by molar-refractivity contribution is -0.178. The Bertz CT molecular complexity index is 421. The normalized spacial score (nSPS) is 13.3. The molecule has 1 unspecified atom stereocenters. The number of unbranched alkanes of at least 4 members (excludes halogenated alkanes) is 9. The second-order valence-corrected chi connectivity index (χ2v) is 6.91. The fraction of sp³-hybridized carbons (Fsp3) is 0.850. The highest BCUT2D eigenvalue weighted by Crippen LogP contribution is 2.23. The van der Waals surface area contributed by atoms with Gasteiger partial charge in [-0.15, -0.1) is 0 Å². The van der Waals surface area contributed by atoms with Gasteiger partial charge in [-0.25, -0.2) is 4.79 Å². The van der Waals surface area contributed by atoms with E-state index in [1.54, 1.807) is 0 Å². The van der Waals surface area contributed by atoms with Crippen LogP contribution < -0.4 is 0 Å². The molecule has 0 saturated carbocycles. The molecule has 0 aromatic rings. The molecule has 0 bridgehead atoms. The number of ether oxygens (including phenoxy) is 1. The van der Waals surface area contributed by atoms with Crippen LogP contribution in [0.4, 0.5) is 0 Å². The molecule has 0 radical (unpaired) electrons. The lowest BCUT2D eigenvalue weighted by Crippen LogP contribution is -2.51. The lowest BCUT2D eigenvalue weighted by atomic mass is 9.90. The van der Waals surface area contributed by atoms with Crippen LogP contribution in [-0.4, -0.2) is 40.1 Å². The quantitative estimate of drug-likeness (QED) is 0.269. The van der Waals surface area contributed by atoms with Crippen LogP contribution in [0.15, 0.2) is 0 Å². The molecule has 0 fully saturated rings. The Hall–Kier alpha value is -1.43. The average molecular weight is 373 g/mol. The molecule has 0 rings (SSSR count). The fourth-order valence-electron chi connectivity index (χ4n) is 2.92. The summed E-state index contributed by atoms with van der Waals surface area (Å²) in [4.78, 5) is 35.4. The van der Waals surface area contributed by atoms with Crippen LogP contribution in [0.25, 0.3) is 0 Å². The highest BCUT2D eigenvalue weighted by atomic mass is 16.5. The Morgan fingerprint density at radius 3 is 1.77 bits per heavy atom. The van der Waals surface area contributed by atoms with E-state index in [-0.39, 0.29) is 13.0 Å². The third-order valence-corrected chi connectivity index (χ3v) is 4.55. The van der Waals surface area contributed by atoms with E-state index in [0.29, 0.717) is 12.8 Å². The Labute approximate surface area is 157 Å². The van der Waals surface area contributed by atoms with Crippen LogP contribution in [0, 0.1) is 0 Å². The zero-order valence-corrected chi connectivity index (χ0v) is 16.4. The highest BCUT2D eigenvalue weighted by molar-refractivity contribution is 6.09. The van der Waals surface area contributed by atoms with E-state index in [1.165, 1.54) is 19.3 Å². The number of carboxylic acid groups (broad SMARTS) is 2. The van der Waals surface area contributed by atoms with Crippen molar-refractivity contribution in [1.82, 2.24) is 0 Å². The van der Waals surface area contributed by atoms with E-state index in [4.69, 9.17) is 9.84 Å². The number of Topliss-reactive ketones (excluding diaryl/α,β-unsaturated/α-hetero) is 1. The maximum atomic E-state index is 12.5. The first-order valence-electron chi connectivity index (χ1n) is 10.0. The van der Waals surface area contributed by atoms with Gasteiger partial charge in [0.1, 0.15) is 0 Å². The minimum Gasteiger partial charge on any atom is -0.481 e. The highest BCUT2D eigenvalue weighted by Gasteiger charge is 2.48. The molecule has 26 heavy (non-hydrogen) atoms. The van der Waals surface area contributed by atoms with E-state index >= 15 is 0 Å². The van der Waals surface area contributed by atoms with Gasteiger partial charge in [0.2, 0.25) is 5.60 Å². The van der Waals surface area contributed by atoms with E-state index in [1.807, 2.05) is 0 Å². The van der Waals surface area contributed by atoms with Crippen molar-refractivity contribution < 1.29 is 29.3 Å². The molecule has 6 nitrogen and oxygen atoms in total. The number of carboxylic acids is 2. The van der Waals surface area contributed by atoms with Gasteiger partial charge in [-0.1, -0.05) is 71.6 Å². The average Bonchev–Trinajstić information content (AvgIpc) is 2.58. The Kier molecular flexibility index (Phi) is 13.9. The number of hydrogen-bond acceptors (Lipinski definition) is 4. The molecule has 2 N–H and O–H groups in total. The monoisotopic (exact) mass is 372 g/mol. The Morgan fingerprint density at radius 2 is 1.27 bits per heavy atom. The predicted molar refractivity (Wildman–Crippen MR) is 100 cm³/mol. The van der Waals surface area contributed by atoms with E-state index < -0.39 is 29.7 Å². The number of hydrogen-bond donors (Lipinski definition) is 2. The first-order chi connectivity index (χ1) is 12.4. The van der Waals surface area contributed by atoms with Crippen molar-refractivity contribution >= 4 is 17.7 Å². The second kappa shape index (κ2) is 14.7. The van der Waals surface area contributed by atoms with Crippen LogP contribution in [0.2, 0.25) is 0 Å². The van der Waals surface area contributed by atoms with Gasteiger partial charge in [0.15, 0.2) is 5.78 Å². The van der Waals surface area contributed by atoms with E-state index in [9.17, 15) is 19.5 Å². The third-order valence-electron chi connectivity index (χ3n) is 4.55. The Balaban J connectivity index is 4.62. The van der Waals surface area contributed by atoms with Gasteiger partial charge in [-0.2, -0.15) is 0 Å². The number of carbonyl (C=O) groups is 3. The molecule has 6 heteroatoms. The van der Waals surface area contributed by atoms with Crippen molar-refractivity contribution in [2.45, 2.75) is 103 Å². The summed E-state index contributed by atoms with van der Waals surface area (Å²) < 4.78 is 5.39. The largest absolute Gasteiger partial charge is 0.481 e. The summed E-state index contributed by atoms with van der Waals surface area (Å²) in [7, 11) is 0. The van der Waals surface area contributed by atoms with Gasteiger partial charge < -0.3 is 14.9 Å². The van der Waals surface area contributed by atoms with Crippen LogP contribution >= 0.6 is 0 Å². The predicted octanol–water partition coefficient (Wildman–Crippen LogP) is 4.59. The third kappa shape index (κ3) is 9.90. The molecule has 0 aliphatic carbocycles. The minimum atomic E-state index is -2.25. The van der Waals surface area contributed by atoms with Crippen molar-refractivity contribution in [1.29, 1.82) is 0 Å². The number of rotatable bonds is 18. The molecule has 0 aromatic heterocycles. The van der Waals surface area contributed by atoms with Crippen molar-refractivity contribution in [3.05, 3.63) is 0 Å². The number of aliphatic carboxylic acids is 2. The molecule has 0 aliphatic rings. The van der Waals surface area contributed by atoms with Crippen molar-refractivity contribution in [3.8, 4) is 0 Å². The molecule has 1 atom stereocenters. The second-order valence-electron chi connectivity index (χ2n) is 6.91. The summed E-state index contributed by atoms with van der Waals surface area (Å²) in [6.07, 6.45) is 9.78. The molecule has 0 amide bonds. The van der Waals surface area contributed by atoms with Crippen LogP contribution in [0.1, 0.15) is 97.3 Å². The summed E-state index contributed by atoms with van der Waals surface area (Å²) in [5.74, 6) is -3.46. The molecular weight excluding hydrogens is 336 g/mol. The van der Waals surface area contributed by atoms with Crippen molar-refractivity contribution in [2.24, 2.45) is 0 Å². The smallest absolute Gasteiger partial charge is 0.344 e. The fourth-order valence-corrected chi connectivity index (χ4v) is 2.92. The van der Waals surface area contributed by atoms with E-state index in [0.717, 1.165) is 38.5 Å². The van der Waals surface area contributed by atoms with Gasteiger partial charge in [0, 0.05) is 13.0 Å². The molecule has 152 valence electrons. The zero-order valence-electron chi connectivity index (χ0n) is 16.4. The number of carbonyl (C=O) groups excluding carboxylic acids is 1. The SMILES string of the molecule is CCCCCCCCCC(=O)C(CC(=O)O)(OCCCCCC)C(=O)O. The molecule has 0 aromatic carbocycles. The lowest BCUT2D eigenvalue weighted by Gasteiger charge is -2.27. The minimum absolute atomic E-state index is 0.0440. The molecule has 0 heterocycles. The van der Waals surface area contributed by atoms with Crippen molar-refractivity contribution in [2.75, 3.05) is 6.61 Å². The van der Waals surface area contributed by atoms with E-state index in [2.05, 4.69) is 13.8 Å². The van der Waals surface area contributed by atoms with Crippen LogP contribution in [0.5, 0.6) is 0 Å². The standard InChI is InChI=1S/C20H36O6/c1-3-5-7-9-10-11-12-14-17(21)20(19(24)25,16-18(22)23)26-15-13-8-6-4-2/h3-16H2,1-2H3,(H,22,23)(H,24,25). The summed E-state index contributed by atoms with van der Waals surface area (Å²) in [6, 6.07) is 0. The summed E-state index contributed by atoms with van der Waals surface area (Å²) in [5, 5.41) is 18.6. The van der Waals surface area contributed by atoms with Crippen molar-refractivity contribution in [3.63, 3.8) is 0 Å². The first kappa shape index (κ1) is 24.6. The zero-order chi connectivity index (χ0) is 19.8. The van der Waals surface area contributed by atoms with Gasteiger partial charge in [0.05, 0.1) is 6.42 Å². The first-order valence-corrected chi connectivity index (χ1v) is 10.0. The van der Waals surface area contributed by atoms with Gasteiger partial charge in [-0.05, 0) is 12.8 Å². The van der Waals surface area contributed by atoms with Gasteiger partial charge in [0.25, 0.3) is 0 Å². The maximum absolute atomic E-state index is 12.5. The molecule has 0 saturated heterocycles. The topological polar surface area (TPSA) is 101 Å². The Morgan fingerprint density at radius 1 is 0.769 bits per heavy atom. The van der Waals surface area contributed by atoms with Gasteiger partial charge in [-0.3, -0.25) is 9.59 Å². The molecule has 0 spiro atoms. The maximum Gasteiger partial charge on any atom is 0.344 e. The molecular formula is C20H36O6. The van der Waals surface area contributed by atoms with Gasteiger partial charge >= 0.3 is 11.9 Å². The number of ketones is 1. The summed E-state index contributed by atoms with van der Waals surface area (Å²) in [5.41, 5.74) is -2.25. The molecule has 0 aliphatic heterocycles. The summed E-state index contributed by atoms with van der Waals surface area (Å²) >= 11 is 0. The van der Waals surface area contributed by atoms with Crippen LogP contribution in [0.3, 0.4) is 0 Å². The summed E-state index contributed by atoms with van der Waals surface area (Å²) in [6.45, 7) is 4.29.